The molecule has 2 aliphatic heterocycles. The highest BCUT2D eigenvalue weighted by atomic mass is 32.1. The maximum atomic E-state index is 12.6. The number of piperidine rings is 1. The first-order valence-electron chi connectivity index (χ1n) is 8.85. The van der Waals surface area contributed by atoms with Crippen molar-refractivity contribution in [2.75, 3.05) is 32.7 Å². The fraction of sp³-hybridized carbons (Fsp3) is 0.500. The summed E-state index contributed by atoms with van der Waals surface area (Å²) in [7, 11) is 0. The first-order valence-corrected chi connectivity index (χ1v) is 9.66. The van der Waals surface area contributed by atoms with E-state index in [4.69, 9.17) is 4.98 Å². The maximum Gasteiger partial charge on any atom is 0.239 e. The Labute approximate surface area is 150 Å². The largest absolute Gasteiger partial charge is 0.353 e. The monoisotopic (exact) mass is 358 g/mol. The Hall–Kier alpha value is -1.99. The van der Waals surface area contributed by atoms with E-state index in [1.54, 1.807) is 16.2 Å². The van der Waals surface area contributed by atoms with Gasteiger partial charge in [-0.05, 0) is 31.5 Å². The number of nitrogens with one attached hydrogen (secondary N) is 1. The summed E-state index contributed by atoms with van der Waals surface area (Å²) >= 11 is 1.73. The second-order valence-electron chi connectivity index (χ2n) is 6.67. The van der Waals surface area contributed by atoms with Crippen molar-refractivity contribution in [3.05, 3.63) is 29.3 Å². The van der Waals surface area contributed by atoms with Crippen molar-refractivity contribution in [1.29, 1.82) is 0 Å². The van der Waals surface area contributed by atoms with Crippen LogP contribution in [-0.4, -0.2) is 59.3 Å². The quantitative estimate of drug-likeness (QED) is 0.908. The lowest BCUT2D eigenvalue weighted by Gasteiger charge is -2.36. The van der Waals surface area contributed by atoms with E-state index in [0.29, 0.717) is 19.6 Å². The summed E-state index contributed by atoms with van der Waals surface area (Å²) in [5, 5.41) is 3.87. The molecule has 2 aliphatic rings. The Morgan fingerprint density at radius 3 is 3.00 bits per heavy atom. The molecule has 25 heavy (non-hydrogen) atoms. The van der Waals surface area contributed by atoms with Crippen molar-refractivity contribution in [1.82, 2.24) is 20.1 Å². The Bertz CT molecular complexity index is 757. The van der Waals surface area contributed by atoms with E-state index >= 15 is 0 Å². The first-order chi connectivity index (χ1) is 12.2. The zero-order chi connectivity index (χ0) is 17.2. The number of likely N-dealkylation sites (tertiary alicyclic amines) is 1. The molecule has 1 aromatic carbocycles. The number of aromatic nitrogens is 1. The van der Waals surface area contributed by atoms with E-state index in [0.717, 1.165) is 36.3 Å². The summed E-state index contributed by atoms with van der Waals surface area (Å²) in [6, 6.07) is 8.39. The molecule has 2 aromatic rings. The van der Waals surface area contributed by atoms with Gasteiger partial charge in [-0.15, -0.1) is 11.3 Å². The molecular formula is C18H22N4O2S. The average molecular weight is 358 g/mol. The number of hydrogen-bond donors (Lipinski definition) is 1. The Kier molecular flexibility index (Phi) is 4.67. The fourth-order valence-corrected chi connectivity index (χ4v) is 4.75. The molecule has 0 radical (unpaired) electrons. The number of piperazine rings is 1. The summed E-state index contributed by atoms with van der Waals surface area (Å²) in [5.41, 5.74) is 1.03. The van der Waals surface area contributed by atoms with E-state index in [-0.39, 0.29) is 24.4 Å². The van der Waals surface area contributed by atoms with Crippen LogP contribution >= 0.6 is 11.3 Å². The van der Waals surface area contributed by atoms with Gasteiger partial charge in [-0.2, -0.15) is 0 Å². The Morgan fingerprint density at radius 1 is 1.28 bits per heavy atom. The van der Waals surface area contributed by atoms with Gasteiger partial charge in [-0.1, -0.05) is 18.6 Å². The third-order valence-corrected chi connectivity index (χ3v) is 6.08. The molecule has 0 saturated carbocycles. The van der Waals surface area contributed by atoms with Gasteiger partial charge < -0.3 is 10.2 Å². The molecule has 1 aromatic heterocycles. The predicted molar refractivity (Wildman–Crippen MR) is 97.4 cm³/mol. The zero-order valence-electron chi connectivity index (χ0n) is 14.1. The van der Waals surface area contributed by atoms with Gasteiger partial charge in [0.15, 0.2) is 0 Å². The number of hydrogen-bond acceptors (Lipinski definition) is 5. The second-order valence-corrected chi connectivity index (χ2v) is 7.73. The maximum absolute atomic E-state index is 12.6. The van der Waals surface area contributed by atoms with Crippen LogP contribution in [0.1, 0.15) is 30.3 Å². The minimum Gasteiger partial charge on any atom is -0.353 e. The lowest BCUT2D eigenvalue weighted by atomic mass is 10.0. The van der Waals surface area contributed by atoms with Crippen molar-refractivity contribution in [3.63, 3.8) is 0 Å². The molecule has 132 valence electrons. The number of carbonyl (C=O) groups is 2. The molecule has 0 bridgehead atoms. The van der Waals surface area contributed by atoms with Crippen LogP contribution in [-0.2, 0) is 9.59 Å². The average Bonchev–Trinajstić information content (AvgIpc) is 3.06. The minimum absolute atomic E-state index is 0.0443. The summed E-state index contributed by atoms with van der Waals surface area (Å²) in [6.07, 6.45) is 3.31. The number of thiazole rings is 1. The molecule has 2 fully saturated rings. The van der Waals surface area contributed by atoms with E-state index in [9.17, 15) is 9.59 Å². The van der Waals surface area contributed by atoms with Gasteiger partial charge in [0, 0.05) is 13.1 Å². The van der Waals surface area contributed by atoms with Gasteiger partial charge in [0.05, 0.1) is 29.3 Å². The van der Waals surface area contributed by atoms with Crippen LogP contribution in [0.15, 0.2) is 24.3 Å². The smallest absolute Gasteiger partial charge is 0.239 e. The van der Waals surface area contributed by atoms with Crippen molar-refractivity contribution >= 4 is 33.4 Å². The molecule has 3 heterocycles. The van der Waals surface area contributed by atoms with E-state index in [2.05, 4.69) is 16.3 Å². The van der Waals surface area contributed by atoms with Gasteiger partial charge in [-0.25, -0.2) is 4.98 Å². The molecule has 0 aliphatic carbocycles. The molecule has 1 N–H and O–H groups in total. The predicted octanol–water partition coefficient (Wildman–Crippen LogP) is 1.78. The number of nitrogens with zero attached hydrogens (tertiary/aromatic N) is 3. The standard InChI is InChI=1S/C18H22N4O2S/c23-16-11-22(10-8-19-16)17(24)12-21-9-4-3-6-14(21)18-20-13-5-1-2-7-15(13)25-18/h1-2,5,7,14H,3-4,6,8-12H2,(H,19,23)/t14-/m1/s1. The molecular weight excluding hydrogens is 336 g/mol. The van der Waals surface area contributed by atoms with Crippen LogP contribution in [0.2, 0.25) is 0 Å². The van der Waals surface area contributed by atoms with Crippen molar-refractivity contribution in [3.8, 4) is 0 Å². The normalized spacial score (nSPS) is 22.2. The Morgan fingerprint density at radius 2 is 2.16 bits per heavy atom. The van der Waals surface area contributed by atoms with Crippen LogP contribution in [0.4, 0.5) is 0 Å². The molecule has 2 amide bonds. The number of para-hydroxylation sites is 1. The van der Waals surface area contributed by atoms with Gasteiger partial charge >= 0.3 is 0 Å². The third kappa shape index (κ3) is 3.52. The van der Waals surface area contributed by atoms with E-state index in [1.807, 2.05) is 18.2 Å². The van der Waals surface area contributed by atoms with Crippen LogP contribution in [0, 0.1) is 0 Å². The van der Waals surface area contributed by atoms with Crippen molar-refractivity contribution in [2.45, 2.75) is 25.3 Å². The molecule has 0 unspecified atom stereocenters. The number of amides is 2. The SMILES string of the molecule is O=C1CN(C(=O)CN2CCCC[C@@H]2c2nc3ccccc3s2)CCN1. The van der Waals surface area contributed by atoms with Crippen LogP contribution in [0.3, 0.4) is 0 Å². The molecule has 1 atom stereocenters. The van der Waals surface area contributed by atoms with Crippen molar-refractivity contribution in [2.24, 2.45) is 0 Å². The van der Waals surface area contributed by atoms with Crippen LogP contribution < -0.4 is 5.32 Å². The van der Waals surface area contributed by atoms with Gasteiger partial charge in [0.2, 0.25) is 11.8 Å². The number of fused-ring (bicyclic) bond motifs is 1. The lowest BCUT2D eigenvalue weighted by molar-refractivity contribution is -0.139. The fourth-order valence-electron chi connectivity index (χ4n) is 3.62. The molecule has 4 rings (SSSR count). The van der Waals surface area contributed by atoms with Gasteiger partial charge in [-0.3, -0.25) is 14.5 Å². The highest BCUT2D eigenvalue weighted by Crippen LogP contribution is 2.35. The van der Waals surface area contributed by atoms with Crippen molar-refractivity contribution < 1.29 is 9.59 Å². The zero-order valence-corrected chi connectivity index (χ0v) is 14.9. The summed E-state index contributed by atoms with van der Waals surface area (Å²) in [4.78, 5) is 32.9. The molecule has 7 heteroatoms. The van der Waals surface area contributed by atoms with E-state index < -0.39 is 0 Å². The second kappa shape index (κ2) is 7.09. The summed E-state index contributed by atoms with van der Waals surface area (Å²) in [6.45, 7) is 2.61. The van der Waals surface area contributed by atoms with Crippen LogP contribution in [0.25, 0.3) is 10.2 Å². The number of carbonyl (C=O) groups excluding carboxylic acids is 2. The molecule has 2 saturated heterocycles. The topological polar surface area (TPSA) is 65.5 Å². The Balaban J connectivity index is 1.50. The number of rotatable bonds is 3. The third-order valence-electron chi connectivity index (χ3n) is 4.94. The highest BCUT2D eigenvalue weighted by Gasteiger charge is 2.30. The summed E-state index contributed by atoms with van der Waals surface area (Å²) in [5.74, 6) is -0.0242. The van der Waals surface area contributed by atoms with Gasteiger partial charge in [0.25, 0.3) is 0 Å². The van der Waals surface area contributed by atoms with Gasteiger partial charge in [0.1, 0.15) is 5.01 Å². The minimum atomic E-state index is -0.0685. The first kappa shape index (κ1) is 16.5. The highest BCUT2D eigenvalue weighted by molar-refractivity contribution is 7.18. The number of benzene rings is 1. The molecule has 6 nitrogen and oxygen atoms in total. The lowest BCUT2D eigenvalue weighted by Crippen LogP contribution is -2.53. The summed E-state index contributed by atoms with van der Waals surface area (Å²) < 4.78 is 1.20. The van der Waals surface area contributed by atoms with E-state index in [1.165, 1.54) is 4.70 Å². The van der Waals surface area contributed by atoms with Crippen LogP contribution in [0.5, 0.6) is 0 Å². The molecule has 0 spiro atoms.